The number of fused-ring (bicyclic) bond motifs is 1. The Morgan fingerprint density at radius 1 is 1.13 bits per heavy atom. The van der Waals surface area contributed by atoms with Crippen molar-refractivity contribution in [2.75, 3.05) is 6.54 Å². The van der Waals surface area contributed by atoms with Crippen LogP contribution in [-0.2, 0) is 0 Å². The van der Waals surface area contributed by atoms with E-state index in [1.54, 1.807) is 12.1 Å². The Morgan fingerprint density at radius 2 is 2.00 bits per heavy atom. The molecule has 0 aliphatic carbocycles. The second-order valence-corrected chi connectivity index (χ2v) is 6.65. The SMILES string of the molecule is Fc1ccc(-c2ccccc2C2CCCC3CN=CN32)cc1Cl. The lowest BCUT2D eigenvalue weighted by Gasteiger charge is -2.38. The Kier molecular flexibility index (Phi) is 3.82. The van der Waals surface area contributed by atoms with Crippen molar-refractivity contribution in [2.45, 2.75) is 31.3 Å². The summed E-state index contributed by atoms with van der Waals surface area (Å²) in [5, 5.41) is 0.168. The van der Waals surface area contributed by atoms with Crippen LogP contribution in [0.25, 0.3) is 11.1 Å². The van der Waals surface area contributed by atoms with Crippen LogP contribution in [-0.4, -0.2) is 23.8 Å². The monoisotopic (exact) mass is 328 g/mol. The maximum Gasteiger partial charge on any atom is 0.141 e. The second-order valence-electron chi connectivity index (χ2n) is 6.24. The number of piperidine rings is 1. The highest BCUT2D eigenvalue weighted by Gasteiger charge is 2.33. The Bertz CT molecular complexity index is 759. The molecule has 0 saturated carbocycles. The summed E-state index contributed by atoms with van der Waals surface area (Å²) < 4.78 is 13.5. The summed E-state index contributed by atoms with van der Waals surface area (Å²) in [5.74, 6) is -0.377. The lowest BCUT2D eigenvalue weighted by atomic mass is 9.87. The van der Waals surface area contributed by atoms with E-state index < -0.39 is 0 Å². The third-order valence-corrected chi connectivity index (χ3v) is 5.17. The first-order chi connectivity index (χ1) is 11.2. The maximum absolute atomic E-state index is 13.5. The van der Waals surface area contributed by atoms with Gasteiger partial charge in [-0.1, -0.05) is 41.9 Å². The van der Waals surface area contributed by atoms with Gasteiger partial charge >= 0.3 is 0 Å². The molecular formula is C19H18ClFN2. The first-order valence-corrected chi connectivity index (χ1v) is 8.43. The summed E-state index contributed by atoms with van der Waals surface area (Å²) in [6.45, 7) is 0.904. The molecule has 2 unspecified atom stereocenters. The predicted molar refractivity (Wildman–Crippen MR) is 92.4 cm³/mol. The fraction of sp³-hybridized carbons (Fsp3) is 0.316. The predicted octanol–water partition coefficient (Wildman–Crippen LogP) is 5.08. The standard InChI is InChI=1S/C19H18ClFN2/c20-17-10-13(8-9-18(17)21)15-5-1-2-6-16(15)19-7-3-4-14-11-22-12-23(14)19/h1-2,5-6,8-10,12,14,19H,3-4,7,11H2. The van der Waals surface area contributed by atoms with E-state index in [9.17, 15) is 4.39 Å². The number of rotatable bonds is 2. The lowest BCUT2D eigenvalue weighted by Crippen LogP contribution is -2.38. The molecule has 118 valence electrons. The van der Waals surface area contributed by atoms with Crippen LogP contribution in [0.5, 0.6) is 0 Å². The minimum Gasteiger partial charge on any atom is -0.351 e. The summed E-state index contributed by atoms with van der Waals surface area (Å²) in [5.41, 5.74) is 3.36. The number of nitrogens with zero attached hydrogens (tertiary/aromatic N) is 2. The molecule has 4 heteroatoms. The Morgan fingerprint density at radius 3 is 2.87 bits per heavy atom. The highest BCUT2D eigenvalue weighted by molar-refractivity contribution is 6.31. The van der Waals surface area contributed by atoms with E-state index in [2.05, 4.69) is 28.1 Å². The highest BCUT2D eigenvalue weighted by Crippen LogP contribution is 2.40. The quantitative estimate of drug-likeness (QED) is 0.750. The first-order valence-electron chi connectivity index (χ1n) is 8.06. The molecule has 0 amide bonds. The van der Waals surface area contributed by atoms with Crippen LogP contribution in [0.4, 0.5) is 4.39 Å². The molecule has 23 heavy (non-hydrogen) atoms. The van der Waals surface area contributed by atoms with Gasteiger partial charge in [-0.2, -0.15) is 0 Å². The van der Waals surface area contributed by atoms with Crippen molar-refractivity contribution in [3.05, 3.63) is 58.9 Å². The van der Waals surface area contributed by atoms with Crippen LogP contribution >= 0.6 is 11.6 Å². The van der Waals surface area contributed by atoms with E-state index in [-0.39, 0.29) is 10.8 Å². The van der Waals surface area contributed by atoms with Gasteiger partial charge in [-0.15, -0.1) is 0 Å². The number of halogens is 2. The molecule has 2 heterocycles. The van der Waals surface area contributed by atoms with Gasteiger partial charge in [0.05, 0.1) is 30.0 Å². The van der Waals surface area contributed by atoms with E-state index in [4.69, 9.17) is 11.6 Å². The van der Waals surface area contributed by atoms with Crippen LogP contribution in [0.1, 0.15) is 30.9 Å². The van der Waals surface area contributed by atoms with Crippen molar-refractivity contribution in [2.24, 2.45) is 4.99 Å². The van der Waals surface area contributed by atoms with E-state index >= 15 is 0 Å². The van der Waals surface area contributed by atoms with E-state index in [0.29, 0.717) is 12.1 Å². The van der Waals surface area contributed by atoms with E-state index in [1.165, 1.54) is 24.5 Å². The van der Waals surface area contributed by atoms with Crippen molar-refractivity contribution in [1.82, 2.24) is 4.90 Å². The molecule has 0 N–H and O–H groups in total. The number of hydrogen-bond donors (Lipinski definition) is 0. The largest absolute Gasteiger partial charge is 0.351 e. The summed E-state index contributed by atoms with van der Waals surface area (Å²) in [6.07, 6.45) is 5.55. The molecular weight excluding hydrogens is 311 g/mol. The van der Waals surface area contributed by atoms with Crippen LogP contribution in [0.15, 0.2) is 47.5 Å². The van der Waals surface area contributed by atoms with Gasteiger partial charge < -0.3 is 4.90 Å². The number of aliphatic imine (C=N–C) groups is 1. The van der Waals surface area contributed by atoms with Crippen molar-refractivity contribution >= 4 is 17.9 Å². The van der Waals surface area contributed by atoms with Gasteiger partial charge in [0.15, 0.2) is 0 Å². The molecule has 0 radical (unpaired) electrons. The van der Waals surface area contributed by atoms with Gasteiger partial charge in [0.25, 0.3) is 0 Å². The van der Waals surface area contributed by atoms with Crippen LogP contribution in [0.3, 0.4) is 0 Å². The smallest absolute Gasteiger partial charge is 0.141 e. The van der Waals surface area contributed by atoms with Gasteiger partial charge in [-0.25, -0.2) is 4.39 Å². The summed E-state index contributed by atoms with van der Waals surface area (Å²) in [7, 11) is 0. The van der Waals surface area contributed by atoms with Crippen LogP contribution in [0, 0.1) is 5.82 Å². The zero-order valence-electron chi connectivity index (χ0n) is 12.8. The minimum absolute atomic E-state index is 0.168. The molecule has 4 rings (SSSR count). The molecule has 2 aliphatic heterocycles. The summed E-state index contributed by atoms with van der Waals surface area (Å²) in [4.78, 5) is 6.86. The molecule has 1 fully saturated rings. The average molecular weight is 329 g/mol. The first kappa shape index (κ1) is 14.7. The van der Waals surface area contributed by atoms with Crippen LogP contribution in [0.2, 0.25) is 5.02 Å². The van der Waals surface area contributed by atoms with Crippen molar-refractivity contribution < 1.29 is 4.39 Å². The summed E-state index contributed by atoms with van der Waals surface area (Å²) in [6, 6.07) is 14.2. The third-order valence-electron chi connectivity index (χ3n) is 4.88. The van der Waals surface area contributed by atoms with Crippen molar-refractivity contribution in [1.29, 1.82) is 0 Å². The minimum atomic E-state index is -0.377. The zero-order valence-corrected chi connectivity index (χ0v) is 13.5. The Labute approximate surface area is 140 Å². The van der Waals surface area contributed by atoms with Gasteiger partial charge in [0.2, 0.25) is 0 Å². The number of benzene rings is 2. The molecule has 0 aromatic heterocycles. The Balaban J connectivity index is 1.77. The fourth-order valence-corrected chi connectivity index (χ4v) is 3.93. The normalized spacial score (nSPS) is 23.1. The molecule has 2 aliphatic rings. The van der Waals surface area contributed by atoms with Gasteiger partial charge in [-0.05, 0) is 48.1 Å². The van der Waals surface area contributed by atoms with Gasteiger partial charge in [0, 0.05) is 0 Å². The molecule has 0 spiro atoms. The molecule has 2 aromatic carbocycles. The molecule has 0 bridgehead atoms. The third kappa shape index (κ3) is 2.63. The molecule has 2 atom stereocenters. The average Bonchev–Trinajstić information content (AvgIpc) is 3.06. The van der Waals surface area contributed by atoms with E-state index in [0.717, 1.165) is 24.1 Å². The van der Waals surface area contributed by atoms with Crippen molar-refractivity contribution in [3.63, 3.8) is 0 Å². The van der Waals surface area contributed by atoms with Gasteiger partial charge in [0.1, 0.15) is 5.82 Å². The highest BCUT2D eigenvalue weighted by atomic mass is 35.5. The van der Waals surface area contributed by atoms with Crippen LogP contribution < -0.4 is 0 Å². The summed E-state index contributed by atoms with van der Waals surface area (Å²) >= 11 is 5.98. The van der Waals surface area contributed by atoms with Crippen molar-refractivity contribution in [3.8, 4) is 11.1 Å². The number of hydrogen-bond acceptors (Lipinski definition) is 2. The second kappa shape index (κ2) is 5.97. The molecule has 1 saturated heterocycles. The topological polar surface area (TPSA) is 15.6 Å². The van der Waals surface area contributed by atoms with E-state index in [1.807, 2.05) is 12.4 Å². The molecule has 2 aromatic rings. The molecule has 2 nitrogen and oxygen atoms in total. The van der Waals surface area contributed by atoms with Gasteiger partial charge in [-0.3, -0.25) is 4.99 Å². The zero-order chi connectivity index (χ0) is 15.8. The Hall–Kier alpha value is -1.87. The maximum atomic E-state index is 13.5. The lowest BCUT2D eigenvalue weighted by molar-refractivity contribution is 0.194. The fourth-order valence-electron chi connectivity index (χ4n) is 3.75.